The number of ether oxygens (including phenoxy) is 1. The average Bonchev–Trinajstić information content (AvgIpc) is 3.22. The third-order valence-electron chi connectivity index (χ3n) is 4.05. The Hall–Kier alpha value is -1.15. The van der Waals surface area contributed by atoms with Gasteiger partial charge in [0.25, 0.3) is 0 Å². The minimum Gasteiger partial charge on any atom is -0.463 e. The van der Waals surface area contributed by atoms with Crippen molar-refractivity contribution in [3.8, 4) is 0 Å². The molecule has 0 spiro atoms. The first-order valence-electron chi connectivity index (χ1n) is 8.02. The number of carbonyl (C=O) groups excluding carboxylic acids is 1. The van der Waals surface area contributed by atoms with Gasteiger partial charge in [-0.2, -0.15) is 0 Å². The highest BCUT2D eigenvalue weighted by atomic mass is 79.9. The summed E-state index contributed by atoms with van der Waals surface area (Å²) in [4.78, 5) is 15.6. The second kappa shape index (κ2) is 8.29. The maximum absolute atomic E-state index is 12.3. The summed E-state index contributed by atoms with van der Waals surface area (Å²) < 4.78 is 12.2. The third kappa shape index (κ3) is 4.69. The van der Waals surface area contributed by atoms with E-state index in [2.05, 4.69) is 26.1 Å². The maximum atomic E-state index is 12.3. The van der Waals surface area contributed by atoms with Crippen LogP contribution in [0.1, 0.15) is 29.2 Å². The standard InChI is InChI=1S/C17H21BrN2O3S/c1-12(15-4-5-16(18)24-15)17(21)19-10-13-2-3-14(23-13)11-20-6-8-22-9-7-20/h2-5,12H,6-11H2,1H3,(H,19,21)/t12-/m1/s1. The van der Waals surface area contributed by atoms with E-state index in [0.29, 0.717) is 6.54 Å². The molecule has 0 bridgehead atoms. The predicted octanol–water partition coefficient (Wildman–Crippen LogP) is 3.36. The SMILES string of the molecule is C[C@@H](C(=O)NCc1ccc(CN2CCOCC2)o1)c1ccc(Br)s1. The summed E-state index contributed by atoms with van der Waals surface area (Å²) in [5.41, 5.74) is 0. The number of furan rings is 1. The fourth-order valence-corrected chi connectivity index (χ4v) is 4.07. The monoisotopic (exact) mass is 412 g/mol. The minimum atomic E-state index is -0.163. The van der Waals surface area contributed by atoms with Crippen molar-refractivity contribution in [3.63, 3.8) is 0 Å². The average molecular weight is 413 g/mol. The number of halogens is 1. The van der Waals surface area contributed by atoms with Crippen LogP contribution in [0.5, 0.6) is 0 Å². The molecule has 1 fully saturated rings. The van der Waals surface area contributed by atoms with Gasteiger partial charge in [0, 0.05) is 18.0 Å². The van der Waals surface area contributed by atoms with Crippen molar-refractivity contribution in [3.05, 3.63) is 44.4 Å². The number of carbonyl (C=O) groups is 1. The van der Waals surface area contributed by atoms with Crippen LogP contribution in [0.2, 0.25) is 0 Å². The Morgan fingerprint density at radius 2 is 2.04 bits per heavy atom. The first kappa shape index (κ1) is 17.7. The fourth-order valence-electron chi connectivity index (χ4n) is 2.60. The van der Waals surface area contributed by atoms with Crippen LogP contribution in [0.3, 0.4) is 0 Å². The van der Waals surface area contributed by atoms with Gasteiger partial charge in [-0.3, -0.25) is 9.69 Å². The lowest BCUT2D eigenvalue weighted by Gasteiger charge is -2.25. The van der Waals surface area contributed by atoms with Gasteiger partial charge in [-0.1, -0.05) is 0 Å². The molecule has 130 valence electrons. The van der Waals surface area contributed by atoms with Gasteiger partial charge in [0.1, 0.15) is 11.5 Å². The van der Waals surface area contributed by atoms with Crippen molar-refractivity contribution in [1.29, 1.82) is 0 Å². The van der Waals surface area contributed by atoms with Gasteiger partial charge in [0.15, 0.2) is 0 Å². The van der Waals surface area contributed by atoms with Gasteiger partial charge >= 0.3 is 0 Å². The Labute approximate surface area is 154 Å². The van der Waals surface area contributed by atoms with Crippen molar-refractivity contribution in [1.82, 2.24) is 10.2 Å². The second-order valence-corrected chi connectivity index (χ2v) is 8.33. The summed E-state index contributed by atoms with van der Waals surface area (Å²) in [6.07, 6.45) is 0. The Kier molecular flexibility index (Phi) is 6.10. The van der Waals surface area contributed by atoms with Crippen LogP contribution in [0.15, 0.2) is 32.5 Å². The number of hydrogen-bond acceptors (Lipinski definition) is 5. The van der Waals surface area contributed by atoms with E-state index in [0.717, 1.165) is 53.0 Å². The summed E-state index contributed by atoms with van der Waals surface area (Å²) in [6, 6.07) is 7.86. The lowest BCUT2D eigenvalue weighted by molar-refractivity contribution is -0.122. The molecule has 1 saturated heterocycles. The normalized spacial score (nSPS) is 16.9. The Morgan fingerprint density at radius 3 is 2.75 bits per heavy atom. The molecular formula is C17H21BrN2O3S. The van der Waals surface area contributed by atoms with Crippen molar-refractivity contribution < 1.29 is 13.9 Å². The molecule has 1 aliphatic rings. The van der Waals surface area contributed by atoms with E-state index < -0.39 is 0 Å². The van der Waals surface area contributed by atoms with Gasteiger partial charge in [-0.15, -0.1) is 11.3 Å². The highest BCUT2D eigenvalue weighted by Gasteiger charge is 2.17. The molecule has 1 aliphatic heterocycles. The Bertz CT molecular complexity index is 679. The zero-order valence-corrected chi connectivity index (χ0v) is 16.0. The highest BCUT2D eigenvalue weighted by molar-refractivity contribution is 9.11. The molecule has 24 heavy (non-hydrogen) atoms. The molecule has 0 unspecified atom stereocenters. The summed E-state index contributed by atoms with van der Waals surface area (Å²) in [5.74, 6) is 1.56. The number of rotatable bonds is 6. The van der Waals surface area contributed by atoms with E-state index in [4.69, 9.17) is 9.15 Å². The van der Waals surface area contributed by atoms with E-state index >= 15 is 0 Å². The molecule has 0 aliphatic carbocycles. The lowest BCUT2D eigenvalue weighted by Crippen LogP contribution is -2.35. The van der Waals surface area contributed by atoms with E-state index in [1.165, 1.54) is 0 Å². The molecule has 2 aromatic rings. The topological polar surface area (TPSA) is 54.7 Å². The van der Waals surface area contributed by atoms with E-state index in [9.17, 15) is 4.79 Å². The number of amides is 1. The van der Waals surface area contributed by atoms with Gasteiger partial charge in [0.2, 0.25) is 5.91 Å². The summed E-state index contributed by atoms with van der Waals surface area (Å²) in [5, 5.41) is 2.95. The highest BCUT2D eigenvalue weighted by Crippen LogP contribution is 2.28. The van der Waals surface area contributed by atoms with Crippen LogP contribution in [-0.2, 0) is 22.6 Å². The lowest BCUT2D eigenvalue weighted by atomic mass is 10.1. The molecule has 5 nitrogen and oxygen atoms in total. The molecule has 1 atom stereocenters. The van der Waals surface area contributed by atoms with Crippen LogP contribution in [-0.4, -0.2) is 37.1 Å². The van der Waals surface area contributed by atoms with Crippen molar-refractivity contribution in [2.24, 2.45) is 0 Å². The quantitative estimate of drug-likeness (QED) is 0.789. The zero-order chi connectivity index (χ0) is 16.9. The van der Waals surface area contributed by atoms with Crippen LogP contribution in [0.4, 0.5) is 0 Å². The van der Waals surface area contributed by atoms with Crippen molar-refractivity contribution in [2.75, 3.05) is 26.3 Å². The molecule has 0 aromatic carbocycles. The smallest absolute Gasteiger partial charge is 0.228 e. The van der Waals surface area contributed by atoms with E-state index in [-0.39, 0.29) is 11.8 Å². The van der Waals surface area contributed by atoms with Gasteiger partial charge in [-0.05, 0) is 47.1 Å². The first-order valence-corrected chi connectivity index (χ1v) is 9.63. The molecule has 7 heteroatoms. The Balaban J connectivity index is 1.48. The van der Waals surface area contributed by atoms with Crippen molar-refractivity contribution >= 4 is 33.2 Å². The molecule has 3 rings (SSSR count). The molecule has 2 aromatic heterocycles. The molecular weight excluding hydrogens is 392 g/mol. The number of nitrogens with zero attached hydrogens (tertiary/aromatic N) is 1. The largest absolute Gasteiger partial charge is 0.463 e. The van der Waals surface area contributed by atoms with Crippen LogP contribution >= 0.6 is 27.3 Å². The van der Waals surface area contributed by atoms with Crippen molar-refractivity contribution in [2.45, 2.75) is 25.9 Å². The van der Waals surface area contributed by atoms with E-state index in [1.807, 2.05) is 31.2 Å². The summed E-state index contributed by atoms with van der Waals surface area (Å²) >= 11 is 5.01. The number of morpholine rings is 1. The van der Waals surface area contributed by atoms with Crippen LogP contribution in [0, 0.1) is 0 Å². The third-order valence-corrected chi connectivity index (χ3v) is 5.86. The van der Waals surface area contributed by atoms with E-state index in [1.54, 1.807) is 11.3 Å². The minimum absolute atomic E-state index is 0.00970. The Morgan fingerprint density at radius 1 is 1.29 bits per heavy atom. The van der Waals surface area contributed by atoms with Gasteiger partial charge in [-0.25, -0.2) is 0 Å². The summed E-state index contributed by atoms with van der Waals surface area (Å²) in [7, 11) is 0. The fraction of sp³-hybridized carbons (Fsp3) is 0.471. The van der Waals surface area contributed by atoms with Crippen LogP contribution in [0.25, 0.3) is 0 Å². The zero-order valence-electron chi connectivity index (χ0n) is 13.6. The number of thiophene rings is 1. The molecule has 1 N–H and O–H groups in total. The van der Waals surface area contributed by atoms with Crippen LogP contribution < -0.4 is 5.32 Å². The van der Waals surface area contributed by atoms with Gasteiger partial charge < -0.3 is 14.5 Å². The molecule has 0 saturated carbocycles. The molecule has 0 radical (unpaired) electrons. The maximum Gasteiger partial charge on any atom is 0.228 e. The molecule has 1 amide bonds. The first-order chi connectivity index (χ1) is 11.6. The summed E-state index contributed by atoms with van der Waals surface area (Å²) in [6.45, 7) is 6.54. The number of nitrogens with one attached hydrogen (secondary N) is 1. The molecule has 3 heterocycles. The predicted molar refractivity (Wildman–Crippen MR) is 97.1 cm³/mol. The second-order valence-electron chi connectivity index (χ2n) is 5.84. The van der Waals surface area contributed by atoms with Gasteiger partial charge in [0.05, 0.1) is 36.0 Å². The number of hydrogen-bond donors (Lipinski definition) is 1.